The molecule has 0 amide bonds. The Labute approximate surface area is 328 Å². The number of hydrogen-bond donors (Lipinski definition) is 0. The van der Waals surface area contributed by atoms with Gasteiger partial charge in [-0.1, -0.05) is 152 Å². The predicted octanol–water partition coefficient (Wildman–Crippen LogP) is 14.3. The summed E-state index contributed by atoms with van der Waals surface area (Å²) in [6, 6.07) is 72.2. The van der Waals surface area contributed by atoms with Crippen LogP contribution in [-0.4, -0.2) is 14.5 Å². The van der Waals surface area contributed by atoms with Gasteiger partial charge in [-0.3, -0.25) is 0 Å². The van der Waals surface area contributed by atoms with Crippen LogP contribution >= 0.6 is 0 Å². The van der Waals surface area contributed by atoms with Crippen LogP contribution in [-0.2, 0) is 0 Å². The Balaban J connectivity index is 1.12. The maximum atomic E-state index is 5.48. The Morgan fingerprint density at radius 3 is 1.81 bits per heavy atom. The van der Waals surface area contributed by atoms with E-state index in [9.17, 15) is 0 Å². The minimum atomic E-state index is 0.708. The first kappa shape index (κ1) is 31.7. The molecule has 57 heavy (non-hydrogen) atoms. The van der Waals surface area contributed by atoms with Crippen molar-refractivity contribution >= 4 is 75.8 Å². The number of nitrogens with zero attached hydrogens (tertiary/aromatic N) is 3. The van der Waals surface area contributed by atoms with E-state index in [4.69, 9.17) is 9.97 Å². The van der Waals surface area contributed by atoms with Crippen molar-refractivity contribution < 1.29 is 0 Å². The number of aromatic nitrogens is 3. The zero-order valence-corrected chi connectivity index (χ0v) is 30.9. The fourth-order valence-corrected chi connectivity index (χ4v) is 9.02. The quantitative estimate of drug-likeness (QED) is 0.181. The van der Waals surface area contributed by atoms with E-state index in [1.807, 2.05) is 0 Å². The number of benzene rings is 10. The maximum Gasteiger partial charge on any atom is 0.161 e. The summed E-state index contributed by atoms with van der Waals surface area (Å²) in [7, 11) is 0. The lowest BCUT2D eigenvalue weighted by Gasteiger charge is -2.16. The Bertz CT molecular complexity index is 3580. The molecule has 0 radical (unpaired) electrons. The fourth-order valence-electron chi connectivity index (χ4n) is 9.02. The topological polar surface area (TPSA) is 30.7 Å². The van der Waals surface area contributed by atoms with Gasteiger partial charge in [-0.25, -0.2) is 9.97 Å². The van der Waals surface area contributed by atoms with Gasteiger partial charge >= 0.3 is 0 Å². The molecule has 3 heteroatoms. The van der Waals surface area contributed by atoms with Gasteiger partial charge < -0.3 is 4.57 Å². The molecule has 0 aliphatic heterocycles. The number of rotatable bonds is 4. The maximum absolute atomic E-state index is 5.48. The minimum Gasteiger partial charge on any atom is -0.309 e. The van der Waals surface area contributed by atoms with Crippen LogP contribution in [0, 0.1) is 0 Å². The highest BCUT2D eigenvalue weighted by Gasteiger charge is 2.20. The first-order valence-corrected chi connectivity index (χ1v) is 19.5. The average Bonchev–Trinajstić information content (AvgIpc) is 3.60. The van der Waals surface area contributed by atoms with Crippen molar-refractivity contribution in [3.8, 4) is 39.5 Å². The molecule has 10 aromatic carbocycles. The molecular weight excluding hydrogens is 691 g/mol. The van der Waals surface area contributed by atoms with E-state index in [0.29, 0.717) is 5.82 Å². The predicted molar refractivity (Wildman–Crippen MR) is 240 cm³/mol. The summed E-state index contributed by atoms with van der Waals surface area (Å²) in [5.74, 6) is 0.708. The Hall–Kier alpha value is -7.62. The molecule has 3 nitrogen and oxygen atoms in total. The molecule has 264 valence electrons. The van der Waals surface area contributed by atoms with Crippen LogP contribution in [0.25, 0.3) is 115 Å². The molecule has 0 spiro atoms. The van der Waals surface area contributed by atoms with Crippen LogP contribution in [0.5, 0.6) is 0 Å². The molecule has 0 saturated heterocycles. The van der Waals surface area contributed by atoms with Gasteiger partial charge in [0, 0.05) is 32.7 Å². The van der Waals surface area contributed by atoms with E-state index in [2.05, 4.69) is 205 Å². The molecule has 0 aliphatic carbocycles. The van der Waals surface area contributed by atoms with Crippen LogP contribution < -0.4 is 0 Å². The van der Waals surface area contributed by atoms with E-state index >= 15 is 0 Å². The third kappa shape index (κ3) is 4.99. The van der Waals surface area contributed by atoms with Gasteiger partial charge in [-0.2, -0.15) is 0 Å². The standard InChI is InChI=1S/C54H33N3/c1-2-12-34(13-3-1)40-24-27-48-46(31-40)53(41-23-22-35-14-4-5-16-37(35)30-41)56-54(55-48)45-26-29-49(44-21-11-10-20-43(44)45)57-50-28-25-36-15-8-9-19-42(36)52(50)47-32-38-17-6-7-18-39(38)33-51(47)57/h1-33H. The largest absolute Gasteiger partial charge is 0.309 e. The van der Waals surface area contributed by atoms with Gasteiger partial charge in [-0.15, -0.1) is 0 Å². The van der Waals surface area contributed by atoms with Crippen molar-refractivity contribution in [3.63, 3.8) is 0 Å². The van der Waals surface area contributed by atoms with Crippen molar-refractivity contribution in [2.75, 3.05) is 0 Å². The second kappa shape index (κ2) is 12.5. The lowest BCUT2D eigenvalue weighted by atomic mass is 9.97. The summed E-state index contributed by atoms with van der Waals surface area (Å²) < 4.78 is 2.46. The lowest BCUT2D eigenvalue weighted by Crippen LogP contribution is -1.99. The molecule has 0 unspecified atom stereocenters. The Kier molecular flexibility index (Phi) is 6.93. The van der Waals surface area contributed by atoms with Gasteiger partial charge in [0.25, 0.3) is 0 Å². The highest BCUT2D eigenvalue weighted by atomic mass is 15.0. The highest BCUT2D eigenvalue weighted by Crippen LogP contribution is 2.42. The first-order valence-electron chi connectivity index (χ1n) is 19.5. The second-order valence-corrected chi connectivity index (χ2v) is 15.0. The fraction of sp³-hybridized carbons (Fsp3) is 0. The molecule has 0 fully saturated rings. The second-order valence-electron chi connectivity index (χ2n) is 15.0. The summed E-state index contributed by atoms with van der Waals surface area (Å²) >= 11 is 0. The van der Waals surface area contributed by atoms with Crippen LogP contribution in [0.2, 0.25) is 0 Å². The van der Waals surface area contributed by atoms with E-state index in [-0.39, 0.29) is 0 Å². The zero-order valence-electron chi connectivity index (χ0n) is 30.9. The Morgan fingerprint density at radius 2 is 0.982 bits per heavy atom. The summed E-state index contributed by atoms with van der Waals surface area (Å²) in [4.78, 5) is 10.8. The molecule has 0 N–H and O–H groups in total. The van der Waals surface area contributed by atoms with E-state index in [1.165, 1.54) is 59.7 Å². The van der Waals surface area contributed by atoms with Crippen molar-refractivity contribution in [1.82, 2.24) is 14.5 Å². The average molecular weight is 724 g/mol. The van der Waals surface area contributed by atoms with E-state index in [1.54, 1.807) is 0 Å². The molecule has 12 rings (SSSR count). The van der Waals surface area contributed by atoms with E-state index in [0.717, 1.165) is 49.7 Å². The molecule has 0 aliphatic rings. The van der Waals surface area contributed by atoms with Gasteiger partial charge in [0.05, 0.1) is 27.9 Å². The molecule has 0 bridgehead atoms. The molecule has 2 heterocycles. The van der Waals surface area contributed by atoms with Gasteiger partial charge in [0.15, 0.2) is 5.82 Å². The normalized spacial score (nSPS) is 11.9. The summed E-state index contributed by atoms with van der Waals surface area (Å²) in [6.45, 7) is 0. The van der Waals surface area contributed by atoms with Crippen LogP contribution in [0.15, 0.2) is 200 Å². The van der Waals surface area contributed by atoms with Crippen LogP contribution in [0.3, 0.4) is 0 Å². The van der Waals surface area contributed by atoms with Crippen LogP contribution in [0.1, 0.15) is 0 Å². The third-order valence-electron chi connectivity index (χ3n) is 11.7. The molecule has 0 atom stereocenters. The van der Waals surface area contributed by atoms with Crippen molar-refractivity contribution in [2.45, 2.75) is 0 Å². The summed E-state index contributed by atoms with van der Waals surface area (Å²) in [5.41, 5.74) is 9.72. The van der Waals surface area contributed by atoms with Crippen molar-refractivity contribution in [3.05, 3.63) is 200 Å². The highest BCUT2D eigenvalue weighted by molar-refractivity contribution is 6.24. The van der Waals surface area contributed by atoms with Crippen molar-refractivity contribution in [1.29, 1.82) is 0 Å². The van der Waals surface area contributed by atoms with Crippen molar-refractivity contribution in [2.24, 2.45) is 0 Å². The zero-order chi connectivity index (χ0) is 37.5. The van der Waals surface area contributed by atoms with E-state index < -0.39 is 0 Å². The van der Waals surface area contributed by atoms with Gasteiger partial charge in [-0.05, 0) is 97.4 Å². The number of fused-ring (bicyclic) bond motifs is 9. The first-order chi connectivity index (χ1) is 28.2. The van der Waals surface area contributed by atoms with Crippen LogP contribution in [0.4, 0.5) is 0 Å². The summed E-state index contributed by atoms with van der Waals surface area (Å²) in [6.07, 6.45) is 0. The molecular formula is C54H33N3. The van der Waals surface area contributed by atoms with Gasteiger partial charge in [0.1, 0.15) is 0 Å². The molecule has 12 aromatic rings. The SMILES string of the molecule is c1ccc(-c2ccc3nc(-c4ccc(-n5c6cc7ccccc7cc6c6c7ccccc7ccc65)c5ccccc45)nc(-c4ccc5ccccc5c4)c3c2)cc1. The third-order valence-corrected chi connectivity index (χ3v) is 11.7. The lowest BCUT2D eigenvalue weighted by molar-refractivity contribution is 1.19. The summed E-state index contributed by atoms with van der Waals surface area (Å²) in [5, 5.41) is 13.2. The minimum absolute atomic E-state index is 0.708. The smallest absolute Gasteiger partial charge is 0.161 e. The van der Waals surface area contributed by atoms with Gasteiger partial charge in [0.2, 0.25) is 0 Å². The Morgan fingerprint density at radius 1 is 0.333 bits per heavy atom. The molecule has 2 aromatic heterocycles. The number of hydrogen-bond acceptors (Lipinski definition) is 2. The molecule has 0 saturated carbocycles. The monoisotopic (exact) mass is 723 g/mol.